The van der Waals surface area contributed by atoms with Crippen molar-refractivity contribution >= 4 is 27.5 Å². The van der Waals surface area contributed by atoms with Crippen LogP contribution in [0.1, 0.15) is 60.4 Å². The number of piperidine rings is 1. The molecule has 1 N–H and O–H groups in total. The lowest BCUT2D eigenvalue weighted by atomic mass is 9.98. The molecule has 5 rings (SSSR count). The van der Waals surface area contributed by atoms with E-state index in [0.29, 0.717) is 59.3 Å². The van der Waals surface area contributed by atoms with Crippen LogP contribution in [0.25, 0.3) is 22.4 Å². The molecule has 1 aliphatic rings. The number of halogens is 3. The van der Waals surface area contributed by atoms with Crippen LogP contribution >= 0.6 is 0 Å². The molecule has 274 valence electrons. The van der Waals surface area contributed by atoms with Crippen LogP contribution < -0.4 is 9.62 Å². The lowest BCUT2D eigenvalue weighted by Gasteiger charge is -2.32. The number of nitrogens with zero attached hydrogens (tertiary/aromatic N) is 5. The van der Waals surface area contributed by atoms with Crippen molar-refractivity contribution in [1.29, 1.82) is 0 Å². The molecule has 0 atom stereocenters. The Balaban J connectivity index is 1.59. The van der Waals surface area contributed by atoms with Crippen LogP contribution in [0.2, 0.25) is 0 Å². The van der Waals surface area contributed by atoms with Crippen molar-refractivity contribution in [2.45, 2.75) is 70.9 Å². The molecule has 51 heavy (non-hydrogen) atoms. The van der Waals surface area contributed by atoms with E-state index in [-0.39, 0.29) is 28.8 Å². The van der Waals surface area contributed by atoms with Gasteiger partial charge in [-0.1, -0.05) is 6.07 Å². The monoisotopic (exact) mass is 728 g/mol. The van der Waals surface area contributed by atoms with Crippen molar-refractivity contribution < 1.29 is 36.0 Å². The summed E-state index contributed by atoms with van der Waals surface area (Å²) in [6.07, 6.45) is 4.59. The molecule has 1 aliphatic heterocycles. The number of methoxy groups -OCH3 is 1. The largest absolute Gasteiger partial charge is 0.367 e. The number of pyridine rings is 1. The maximum atomic E-state index is 16.8. The van der Waals surface area contributed by atoms with Crippen LogP contribution in [0.5, 0.6) is 0 Å². The van der Waals surface area contributed by atoms with Crippen molar-refractivity contribution in [3.8, 4) is 22.4 Å². The zero-order chi connectivity index (χ0) is 37.3. The van der Waals surface area contributed by atoms with Crippen molar-refractivity contribution in [2.75, 3.05) is 36.6 Å². The summed E-state index contributed by atoms with van der Waals surface area (Å²) >= 11 is 0. The average Bonchev–Trinajstić information content (AvgIpc) is 3.49. The highest BCUT2D eigenvalue weighted by molar-refractivity contribution is 7.92. The van der Waals surface area contributed by atoms with Gasteiger partial charge in [0.1, 0.15) is 34.8 Å². The van der Waals surface area contributed by atoms with Crippen molar-refractivity contribution in [3.05, 3.63) is 78.4 Å². The van der Waals surface area contributed by atoms with Crippen LogP contribution in [-0.4, -0.2) is 66.7 Å². The maximum Gasteiger partial charge on any atom is 0.330 e. The summed E-state index contributed by atoms with van der Waals surface area (Å²) < 4.78 is 80.5. The molecule has 0 saturated carbocycles. The van der Waals surface area contributed by atoms with E-state index in [2.05, 4.69) is 10.3 Å². The number of nitrogens with one attached hydrogen (secondary N) is 1. The van der Waals surface area contributed by atoms with E-state index in [9.17, 15) is 22.0 Å². The summed E-state index contributed by atoms with van der Waals surface area (Å²) in [6.45, 7) is 11.6. The van der Waals surface area contributed by atoms with E-state index in [1.54, 1.807) is 42.8 Å². The average molecular weight is 729 g/mol. The van der Waals surface area contributed by atoms with E-state index >= 15 is 4.39 Å². The van der Waals surface area contributed by atoms with Crippen LogP contribution in [0.4, 0.5) is 24.7 Å². The van der Waals surface area contributed by atoms with Gasteiger partial charge in [0, 0.05) is 49.3 Å². The van der Waals surface area contributed by atoms with Gasteiger partial charge in [0.25, 0.3) is 10.0 Å². The van der Waals surface area contributed by atoms with E-state index in [1.807, 2.05) is 33.0 Å². The molecule has 1 fully saturated rings. The molecule has 2 aromatic heterocycles. The highest BCUT2D eigenvalue weighted by Gasteiger charge is 2.33. The standard InChI is InChI=1S/C36H43F3N6O5S/c1-35(2,3)34(46)50-43-17-14-25(15-18-43)44-21-27(23-13-16-40-31(19-23)41-36(4,5)6)33(42-44)26-9-8-10-29(32(26)39)45(22-49-7)51(47,48)30-20-24(37)11-12-28(30)38/h8-13,16,19-21,25H,14-15,17-18,22H2,1-7H3,(H,40,41). The highest BCUT2D eigenvalue weighted by Crippen LogP contribution is 2.39. The highest BCUT2D eigenvalue weighted by atomic mass is 32.2. The Hall–Kier alpha value is -4.47. The fraction of sp³-hybridized carbons (Fsp3) is 0.417. The topological polar surface area (TPSA) is 119 Å². The Bertz CT molecular complexity index is 2000. The van der Waals surface area contributed by atoms with Gasteiger partial charge in [0.2, 0.25) is 0 Å². The summed E-state index contributed by atoms with van der Waals surface area (Å²) in [6, 6.07) is 9.62. The first-order valence-electron chi connectivity index (χ1n) is 16.5. The Kier molecular flexibility index (Phi) is 10.8. The molecule has 0 aliphatic carbocycles. The van der Waals surface area contributed by atoms with Gasteiger partial charge in [-0.15, -0.1) is 5.06 Å². The number of ether oxygens (including phenoxy) is 1. The quantitative estimate of drug-likeness (QED) is 0.170. The van der Waals surface area contributed by atoms with Gasteiger partial charge < -0.3 is 14.9 Å². The zero-order valence-corrected chi connectivity index (χ0v) is 30.5. The van der Waals surface area contributed by atoms with Crippen molar-refractivity contribution in [3.63, 3.8) is 0 Å². The summed E-state index contributed by atoms with van der Waals surface area (Å²) in [5.74, 6) is -2.90. The van der Waals surface area contributed by atoms with Crippen LogP contribution in [-0.2, 0) is 24.4 Å². The van der Waals surface area contributed by atoms with Gasteiger partial charge in [-0.3, -0.25) is 4.68 Å². The molecule has 4 aromatic rings. The second kappa shape index (κ2) is 14.6. The third kappa shape index (κ3) is 8.54. The molecule has 15 heteroatoms. The number of benzene rings is 2. The lowest BCUT2D eigenvalue weighted by Crippen LogP contribution is -2.39. The molecule has 0 bridgehead atoms. The van der Waals surface area contributed by atoms with Gasteiger partial charge >= 0.3 is 5.97 Å². The summed E-state index contributed by atoms with van der Waals surface area (Å²) in [5.41, 5.74) is -0.00695. The van der Waals surface area contributed by atoms with Gasteiger partial charge in [-0.05, 0) is 102 Å². The zero-order valence-electron chi connectivity index (χ0n) is 29.7. The number of sulfonamides is 1. The third-order valence-corrected chi connectivity index (χ3v) is 9.89. The van der Waals surface area contributed by atoms with Gasteiger partial charge in [-0.2, -0.15) is 5.10 Å². The fourth-order valence-electron chi connectivity index (χ4n) is 5.57. The van der Waals surface area contributed by atoms with Crippen LogP contribution in [0.15, 0.2) is 65.8 Å². The van der Waals surface area contributed by atoms with E-state index in [4.69, 9.17) is 14.7 Å². The fourth-order valence-corrected chi connectivity index (χ4v) is 7.02. The van der Waals surface area contributed by atoms with Crippen LogP contribution in [0.3, 0.4) is 0 Å². The summed E-state index contributed by atoms with van der Waals surface area (Å²) in [7, 11) is -3.64. The number of hydroxylamine groups is 2. The van der Waals surface area contributed by atoms with Crippen molar-refractivity contribution in [2.24, 2.45) is 5.41 Å². The third-order valence-electron chi connectivity index (χ3n) is 8.14. The van der Waals surface area contributed by atoms with Crippen LogP contribution in [0, 0.1) is 22.9 Å². The molecule has 3 heterocycles. The Morgan fingerprint density at radius 3 is 2.35 bits per heavy atom. The number of rotatable bonds is 10. The summed E-state index contributed by atoms with van der Waals surface area (Å²) in [5, 5.41) is 9.84. The predicted octanol–water partition coefficient (Wildman–Crippen LogP) is 7.18. The number of anilines is 2. The molecule has 2 aromatic carbocycles. The lowest BCUT2D eigenvalue weighted by molar-refractivity contribution is -0.205. The number of hydrogen-bond acceptors (Lipinski definition) is 9. The second-order valence-electron chi connectivity index (χ2n) is 14.4. The molecule has 0 spiro atoms. The predicted molar refractivity (Wildman–Crippen MR) is 188 cm³/mol. The first-order valence-corrected chi connectivity index (χ1v) is 17.9. The molecule has 0 radical (unpaired) electrons. The molecular weight excluding hydrogens is 685 g/mol. The number of aromatic nitrogens is 3. The first kappa shape index (κ1) is 37.8. The molecule has 1 saturated heterocycles. The number of hydrogen-bond donors (Lipinski definition) is 1. The smallest absolute Gasteiger partial charge is 0.330 e. The van der Waals surface area contributed by atoms with Gasteiger partial charge in [0.05, 0.1) is 17.1 Å². The van der Waals surface area contributed by atoms with Gasteiger partial charge in [-0.25, -0.2) is 35.7 Å². The van der Waals surface area contributed by atoms with E-state index in [0.717, 1.165) is 6.07 Å². The normalized spacial score (nSPS) is 14.8. The minimum atomic E-state index is -4.84. The summed E-state index contributed by atoms with van der Waals surface area (Å²) in [4.78, 5) is 21.5. The minimum absolute atomic E-state index is 0.0315. The van der Waals surface area contributed by atoms with E-state index < -0.39 is 50.2 Å². The van der Waals surface area contributed by atoms with Crippen molar-refractivity contribution in [1.82, 2.24) is 19.8 Å². The molecule has 0 unspecified atom stereocenters. The first-order chi connectivity index (χ1) is 23.9. The Morgan fingerprint density at radius 2 is 1.71 bits per heavy atom. The second-order valence-corrected chi connectivity index (χ2v) is 16.3. The number of carbonyl (C=O) groups is 1. The number of carbonyl (C=O) groups excluding carboxylic acids is 1. The molecule has 11 nitrogen and oxygen atoms in total. The van der Waals surface area contributed by atoms with E-state index in [1.165, 1.54) is 25.3 Å². The molecule has 0 amide bonds. The molecular formula is C36H43F3N6O5S. The Morgan fingerprint density at radius 1 is 1.00 bits per heavy atom. The maximum absolute atomic E-state index is 16.8. The SMILES string of the molecule is COCN(c1cccc(-c2nn(C3CCN(OC(=O)C(C)(C)C)CC3)cc2-c2ccnc(NC(C)(C)C)c2)c1F)S(=O)(=O)c1cc(F)ccc1F. The minimum Gasteiger partial charge on any atom is -0.367 e. The Labute approximate surface area is 296 Å². The van der Waals surface area contributed by atoms with Gasteiger partial charge in [0.15, 0.2) is 5.82 Å².